The average molecular weight is 240 g/mol. The third-order valence-electron chi connectivity index (χ3n) is 1.74. The van der Waals surface area contributed by atoms with Crippen LogP contribution in [-0.4, -0.2) is 23.7 Å². The van der Waals surface area contributed by atoms with Crippen LogP contribution in [0.3, 0.4) is 0 Å². The molecule has 0 fully saturated rings. The van der Waals surface area contributed by atoms with Gasteiger partial charge in [-0.3, -0.25) is 4.79 Å². The molecule has 1 aromatic rings. The Morgan fingerprint density at radius 3 is 2.88 bits per heavy atom. The predicted molar refractivity (Wildman–Crippen MR) is 61.6 cm³/mol. The van der Waals surface area contributed by atoms with Crippen LogP contribution in [0, 0.1) is 0 Å². The number of hydrogen-bond acceptors (Lipinski definition) is 4. The van der Waals surface area contributed by atoms with Crippen molar-refractivity contribution in [3.63, 3.8) is 0 Å². The molecule has 0 saturated heterocycles. The van der Waals surface area contributed by atoms with Gasteiger partial charge in [0.2, 0.25) is 0 Å². The first-order chi connectivity index (χ1) is 7.63. The van der Waals surface area contributed by atoms with Gasteiger partial charge in [-0.15, -0.1) is 11.3 Å². The Morgan fingerprint density at radius 2 is 2.31 bits per heavy atom. The van der Waals surface area contributed by atoms with Crippen LogP contribution in [0.15, 0.2) is 17.5 Å². The molecule has 0 aliphatic carbocycles. The Kier molecular flexibility index (Phi) is 4.72. The topological polar surface area (TPSA) is 63.6 Å². The summed E-state index contributed by atoms with van der Waals surface area (Å²) in [5.41, 5.74) is 0.265. The second-order valence-corrected chi connectivity index (χ2v) is 3.90. The highest BCUT2D eigenvalue weighted by Gasteiger charge is 2.04. The van der Waals surface area contributed by atoms with Gasteiger partial charge in [-0.05, 0) is 19.1 Å². The SMILES string of the molecule is CCOC(=O)CC=Cc1cc(C(=O)O)cs1. The highest BCUT2D eigenvalue weighted by atomic mass is 32.1. The number of thiophene rings is 1. The molecule has 4 nitrogen and oxygen atoms in total. The number of hydrogen-bond donors (Lipinski definition) is 1. The van der Waals surface area contributed by atoms with E-state index in [9.17, 15) is 9.59 Å². The second-order valence-electron chi connectivity index (χ2n) is 2.95. The van der Waals surface area contributed by atoms with E-state index in [0.29, 0.717) is 6.61 Å². The van der Waals surface area contributed by atoms with E-state index >= 15 is 0 Å². The average Bonchev–Trinajstić information content (AvgIpc) is 2.67. The lowest BCUT2D eigenvalue weighted by molar-refractivity contribution is -0.142. The minimum atomic E-state index is -0.943. The smallest absolute Gasteiger partial charge is 0.336 e. The number of carbonyl (C=O) groups is 2. The fraction of sp³-hybridized carbons (Fsp3) is 0.273. The van der Waals surface area contributed by atoms with Crippen LogP contribution in [0.25, 0.3) is 6.08 Å². The molecule has 1 aromatic heterocycles. The van der Waals surface area contributed by atoms with Crippen molar-refractivity contribution in [2.45, 2.75) is 13.3 Å². The fourth-order valence-corrected chi connectivity index (χ4v) is 1.85. The highest BCUT2D eigenvalue weighted by molar-refractivity contribution is 7.11. The zero-order valence-corrected chi connectivity index (χ0v) is 9.62. The first-order valence-electron chi connectivity index (χ1n) is 4.77. The molecule has 0 amide bonds. The summed E-state index contributed by atoms with van der Waals surface area (Å²) < 4.78 is 4.74. The van der Waals surface area contributed by atoms with Gasteiger partial charge in [0.25, 0.3) is 0 Å². The third kappa shape index (κ3) is 3.86. The van der Waals surface area contributed by atoms with Crippen molar-refractivity contribution in [1.82, 2.24) is 0 Å². The minimum absolute atomic E-state index is 0.203. The maximum Gasteiger partial charge on any atom is 0.336 e. The summed E-state index contributed by atoms with van der Waals surface area (Å²) in [5, 5.41) is 10.3. The molecule has 0 bridgehead atoms. The van der Waals surface area contributed by atoms with Crippen LogP contribution in [0.1, 0.15) is 28.6 Å². The van der Waals surface area contributed by atoms with Crippen molar-refractivity contribution in [1.29, 1.82) is 0 Å². The predicted octanol–water partition coefficient (Wildman–Crippen LogP) is 2.41. The van der Waals surface area contributed by atoms with Gasteiger partial charge in [0.05, 0.1) is 18.6 Å². The van der Waals surface area contributed by atoms with Gasteiger partial charge in [0.1, 0.15) is 0 Å². The number of rotatable bonds is 5. The van der Waals surface area contributed by atoms with Gasteiger partial charge in [0.15, 0.2) is 0 Å². The number of esters is 1. The Hall–Kier alpha value is -1.62. The van der Waals surface area contributed by atoms with E-state index in [2.05, 4.69) is 0 Å². The molecular formula is C11H12O4S. The molecule has 16 heavy (non-hydrogen) atoms. The first kappa shape index (κ1) is 12.4. The fourth-order valence-electron chi connectivity index (χ4n) is 1.04. The van der Waals surface area contributed by atoms with Gasteiger partial charge in [-0.2, -0.15) is 0 Å². The molecule has 5 heteroatoms. The van der Waals surface area contributed by atoms with Crippen LogP contribution in [0.4, 0.5) is 0 Å². The minimum Gasteiger partial charge on any atom is -0.478 e. The van der Waals surface area contributed by atoms with E-state index in [1.165, 1.54) is 11.3 Å². The van der Waals surface area contributed by atoms with Crippen molar-refractivity contribution < 1.29 is 19.4 Å². The van der Waals surface area contributed by atoms with Crippen LogP contribution in [0.2, 0.25) is 0 Å². The van der Waals surface area contributed by atoms with Gasteiger partial charge in [-0.25, -0.2) is 4.79 Å². The largest absolute Gasteiger partial charge is 0.478 e. The van der Waals surface area contributed by atoms with E-state index in [1.54, 1.807) is 30.5 Å². The van der Waals surface area contributed by atoms with Gasteiger partial charge in [0, 0.05) is 10.3 Å². The van der Waals surface area contributed by atoms with Gasteiger partial charge < -0.3 is 9.84 Å². The van der Waals surface area contributed by atoms with E-state index in [4.69, 9.17) is 9.84 Å². The van der Waals surface area contributed by atoms with Gasteiger partial charge in [-0.1, -0.05) is 6.08 Å². The summed E-state index contributed by atoms with van der Waals surface area (Å²) in [4.78, 5) is 22.4. The molecule has 0 radical (unpaired) electrons. The molecular weight excluding hydrogens is 228 g/mol. The lowest BCUT2D eigenvalue weighted by Gasteiger charge is -1.95. The Morgan fingerprint density at radius 1 is 1.56 bits per heavy atom. The molecule has 1 heterocycles. The second kappa shape index (κ2) is 6.07. The van der Waals surface area contributed by atoms with Crippen LogP contribution in [0.5, 0.6) is 0 Å². The van der Waals surface area contributed by atoms with Crippen molar-refractivity contribution in [3.8, 4) is 0 Å². The Labute approximate surface area is 97.2 Å². The molecule has 0 aromatic carbocycles. The van der Waals surface area contributed by atoms with Gasteiger partial charge >= 0.3 is 11.9 Å². The maximum atomic E-state index is 11.0. The number of carbonyl (C=O) groups excluding carboxylic acids is 1. The Balaban J connectivity index is 2.50. The van der Waals surface area contributed by atoms with E-state index in [1.807, 2.05) is 0 Å². The number of carboxylic acid groups (broad SMARTS) is 1. The monoisotopic (exact) mass is 240 g/mol. The summed E-state index contributed by atoms with van der Waals surface area (Å²) >= 11 is 1.32. The van der Waals surface area contributed by atoms with Crippen LogP contribution in [-0.2, 0) is 9.53 Å². The molecule has 0 unspecified atom stereocenters. The number of carboxylic acids is 1. The lowest BCUT2D eigenvalue weighted by atomic mass is 10.3. The molecule has 1 rings (SSSR count). The molecule has 0 aliphatic heterocycles. The molecule has 0 spiro atoms. The Bertz CT molecular complexity index is 406. The van der Waals surface area contributed by atoms with Crippen molar-refractivity contribution in [3.05, 3.63) is 28.0 Å². The zero-order valence-electron chi connectivity index (χ0n) is 8.80. The first-order valence-corrected chi connectivity index (χ1v) is 5.65. The van der Waals surface area contributed by atoms with E-state index in [-0.39, 0.29) is 18.0 Å². The van der Waals surface area contributed by atoms with Crippen LogP contribution < -0.4 is 0 Å². The normalized spacial score (nSPS) is 10.6. The maximum absolute atomic E-state index is 11.0. The third-order valence-corrected chi connectivity index (χ3v) is 2.64. The molecule has 0 aliphatic rings. The highest BCUT2D eigenvalue weighted by Crippen LogP contribution is 2.16. The van der Waals surface area contributed by atoms with Crippen LogP contribution >= 0.6 is 11.3 Å². The molecule has 0 saturated carbocycles. The van der Waals surface area contributed by atoms with Crippen molar-refractivity contribution in [2.75, 3.05) is 6.61 Å². The number of ether oxygens (including phenoxy) is 1. The summed E-state index contributed by atoms with van der Waals surface area (Å²) in [6.07, 6.45) is 3.58. The summed E-state index contributed by atoms with van der Waals surface area (Å²) in [7, 11) is 0. The quantitative estimate of drug-likeness (QED) is 0.803. The van der Waals surface area contributed by atoms with E-state index in [0.717, 1.165) is 4.88 Å². The summed E-state index contributed by atoms with van der Waals surface area (Å²) in [5.74, 6) is -1.23. The van der Waals surface area contributed by atoms with Crippen molar-refractivity contribution in [2.24, 2.45) is 0 Å². The molecule has 86 valence electrons. The molecule has 0 atom stereocenters. The standard InChI is InChI=1S/C11H12O4S/c1-2-15-10(12)5-3-4-9-6-8(7-16-9)11(13)14/h3-4,6-7H,2,5H2,1H3,(H,13,14). The zero-order chi connectivity index (χ0) is 12.0. The number of aromatic carboxylic acids is 1. The lowest BCUT2D eigenvalue weighted by Crippen LogP contribution is -2.01. The van der Waals surface area contributed by atoms with E-state index < -0.39 is 5.97 Å². The molecule has 1 N–H and O–H groups in total. The summed E-state index contributed by atoms with van der Waals surface area (Å²) in [6.45, 7) is 2.12. The summed E-state index contributed by atoms with van der Waals surface area (Å²) in [6, 6.07) is 1.56. The van der Waals surface area contributed by atoms with Crippen molar-refractivity contribution >= 4 is 29.4 Å².